The number of carbonyl (C=O) groups is 1. The molecule has 0 aliphatic carbocycles. The maximum Gasteiger partial charge on any atom is 0.233 e. The van der Waals surface area contributed by atoms with E-state index >= 15 is 0 Å². The van der Waals surface area contributed by atoms with Crippen molar-refractivity contribution in [2.24, 2.45) is 0 Å². The van der Waals surface area contributed by atoms with Crippen LogP contribution in [0.2, 0.25) is 0 Å². The van der Waals surface area contributed by atoms with Gasteiger partial charge in [-0.15, -0.1) is 36.2 Å². The summed E-state index contributed by atoms with van der Waals surface area (Å²) in [6.07, 6.45) is 2.50. The molecule has 2 rings (SSSR count). The summed E-state index contributed by atoms with van der Waals surface area (Å²) in [7, 11) is 1.75. The lowest BCUT2D eigenvalue weighted by atomic mass is 10.3. The number of halogens is 2. The Bertz CT molecular complexity index is 536. The molecular formula is C13H18Cl2N4OS. The molecule has 2 aromatic heterocycles. The van der Waals surface area contributed by atoms with Crippen molar-refractivity contribution in [3.63, 3.8) is 0 Å². The number of nitrogens with one attached hydrogen (secondary N) is 2. The van der Waals surface area contributed by atoms with E-state index in [1.165, 1.54) is 0 Å². The first-order chi connectivity index (χ1) is 9.29. The fourth-order valence-corrected chi connectivity index (χ4v) is 2.38. The van der Waals surface area contributed by atoms with Crippen LogP contribution in [0.5, 0.6) is 0 Å². The summed E-state index contributed by atoms with van der Waals surface area (Å²) in [5.74, 6) is 0.00371. The quantitative estimate of drug-likeness (QED) is 0.836. The van der Waals surface area contributed by atoms with Crippen molar-refractivity contribution in [2.75, 3.05) is 20.1 Å². The molecule has 0 fully saturated rings. The summed E-state index contributed by atoms with van der Waals surface area (Å²) in [4.78, 5) is 20.0. The van der Waals surface area contributed by atoms with Crippen molar-refractivity contribution in [2.45, 2.75) is 6.42 Å². The van der Waals surface area contributed by atoms with Gasteiger partial charge in [-0.25, -0.2) is 4.98 Å². The number of pyridine rings is 1. The molecule has 0 saturated carbocycles. The van der Waals surface area contributed by atoms with Crippen molar-refractivity contribution < 1.29 is 4.79 Å². The van der Waals surface area contributed by atoms with Gasteiger partial charge in [0, 0.05) is 24.5 Å². The third-order valence-corrected chi connectivity index (χ3v) is 3.39. The van der Waals surface area contributed by atoms with Crippen molar-refractivity contribution in [1.82, 2.24) is 20.6 Å². The van der Waals surface area contributed by atoms with E-state index in [-0.39, 0.29) is 30.7 Å². The first-order valence-electron chi connectivity index (χ1n) is 6.06. The number of thiazole rings is 1. The summed E-state index contributed by atoms with van der Waals surface area (Å²) < 4.78 is 0. The van der Waals surface area contributed by atoms with Gasteiger partial charge in [-0.1, -0.05) is 6.07 Å². The number of hydrogen-bond donors (Lipinski definition) is 2. The molecule has 8 heteroatoms. The topological polar surface area (TPSA) is 66.9 Å². The van der Waals surface area contributed by atoms with E-state index in [0.29, 0.717) is 13.1 Å². The standard InChI is InChI=1S/C13H16N4OS.2ClH/c1-14-8-12(18)16-7-5-13-17-11(9-19-13)10-4-2-3-6-15-10;;/h2-4,6,9,14H,5,7-8H2,1H3,(H,16,18);2*1H. The Morgan fingerprint density at radius 3 is 2.76 bits per heavy atom. The van der Waals surface area contributed by atoms with Crippen LogP contribution in [0.4, 0.5) is 0 Å². The normalized spacial score (nSPS) is 9.38. The number of nitrogens with zero attached hydrogens (tertiary/aromatic N) is 2. The highest BCUT2D eigenvalue weighted by molar-refractivity contribution is 7.09. The summed E-state index contributed by atoms with van der Waals surface area (Å²) in [5, 5.41) is 8.64. The first-order valence-corrected chi connectivity index (χ1v) is 6.94. The summed E-state index contributed by atoms with van der Waals surface area (Å²) in [5.41, 5.74) is 1.77. The molecule has 0 aliphatic heterocycles. The molecule has 2 N–H and O–H groups in total. The highest BCUT2D eigenvalue weighted by atomic mass is 35.5. The van der Waals surface area contributed by atoms with Crippen LogP contribution in [0, 0.1) is 0 Å². The minimum atomic E-state index is 0. The van der Waals surface area contributed by atoms with Gasteiger partial charge in [0.25, 0.3) is 0 Å². The predicted molar refractivity (Wildman–Crippen MR) is 90.5 cm³/mol. The molecule has 0 aliphatic rings. The van der Waals surface area contributed by atoms with Crippen LogP contribution in [0.3, 0.4) is 0 Å². The minimum absolute atomic E-state index is 0. The lowest BCUT2D eigenvalue weighted by molar-refractivity contribution is -0.120. The van der Waals surface area contributed by atoms with E-state index in [1.54, 1.807) is 24.6 Å². The zero-order chi connectivity index (χ0) is 13.5. The molecule has 0 atom stereocenters. The molecule has 5 nitrogen and oxygen atoms in total. The molecule has 0 radical (unpaired) electrons. The number of carbonyl (C=O) groups excluding carboxylic acids is 1. The van der Waals surface area contributed by atoms with Crippen LogP contribution in [-0.2, 0) is 11.2 Å². The van der Waals surface area contributed by atoms with Crippen molar-refractivity contribution in [3.8, 4) is 11.4 Å². The molecule has 0 spiro atoms. The molecule has 0 unspecified atom stereocenters. The second-order valence-electron chi connectivity index (χ2n) is 3.97. The zero-order valence-electron chi connectivity index (χ0n) is 11.5. The van der Waals surface area contributed by atoms with Gasteiger partial charge in [0.1, 0.15) is 0 Å². The predicted octanol–water partition coefficient (Wildman–Crippen LogP) is 1.93. The second kappa shape index (κ2) is 10.5. The Morgan fingerprint density at radius 1 is 1.29 bits per heavy atom. The molecule has 1 amide bonds. The van der Waals surface area contributed by atoms with E-state index in [1.807, 2.05) is 23.6 Å². The van der Waals surface area contributed by atoms with Crippen LogP contribution in [0.1, 0.15) is 5.01 Å². The second-order valence-corrected chi connectivity index (χ2v) is 4.91. The van der Waals surface area contributed by atoms with E-state index in [0.717, 1.165) is 22.8 Å². The van der Waals surface area contributed by atoms with Gasteiger partial charge >= 0.3 is 0 Å². The van der Waals surface area contributed by atoms with Gasteiger partial charge in [-0.05, 0) is 19.2 Å². The fourth-order valence-electron chi connectivity index (χ4n) is 1.59. The van der Waals surface area contributed by atoms with Crippen LogP contribution in [0.15, 0.2) is 29.8 Å². The number of aromatic nitrogens is 2. The number of rotatable bonds is 6. The molecule has 2 aromatic rings. The van der Waals surface area contributed by atoms with Gasteiger partial charge in [0.15, 0.2) is 0 Å². The Labute approximate surface area is 140 Å². The largest absolute Gasteiger partial charge is 0.355 e. The third-order valence-electron chi connectivity index (χ3n) is 2.48. The van der Waals surface area contributed by atoms with Crippen LogP contribution in [-0.4, -0.2) is 36.0 Å². The SMILES string of the molecule is CNCC(=O)NCCc1nc(-c2ccccn2)cs1.Cl.Cl. The third kappa shape index (κ3) is 6.39. The smallest absolute Gasteiger partial charge is 0.233 e. The Balaban J connectivity index is 0.00000200. The summed E-state index contributed by atoms with van der Waals surface area (Å²) in [6, 6.07) is 5.76. The molecule has 21 heavy (non-hydrogen) atoms. The molecule has 0 bridgehead atoms. The van der Waals surface area contributed by atoms with E-state index in [2.05, 4.69) is 20.6 Å². The Hall–Kier alpha value is -1.21. The monoisotopic (exact) mass is 348 g/mol. The average molecular weight is 349 g/mol. The Morgan fingerprint density at radius 2 is 2.10 bits per heavy atom. The van der Waals surface area contributed by atoms with Crippen molar-refractivity contribution in [3.05, 3.63) is 34.8 Å². The minimum Gasteiger partial charge on any atom is -0.355 e. The highest BCUT2D eigenvalue weighted by Gasteiger charge is 2.05. The van der Waals surface area contributed by atoms with Crippen LogP contribution < -0.4 is 10.6 Å². The zero-order valence-corrected chi connectivity index (χ0v) is 14.0. The average Bonchev–Trinajstić information content (AvgIpc) is 2.89. The molecule has 0 saturated heterocycles. The lowest BCUT2D eigenvalue weighted by Crippen LogP contribution is -2.33. The Kier molecular flexibility index (Phi) is 9.90. The highest BCUT2D eigenvalue weighted by Crippen LogP contribution is 2.19. The summed E-state index contributed by atoms with van der Waals surface area (Å²) >= 11 is 1.59. The maximum atomic E-state index is 11.3. The summed E-state index contributed by atoms with van der Waals surface area (Å²) in [6.45, 7) is 0.951. The van der Waals surface area contributed by atoms with Gasteiger partial charge in [0.2, 0.25) is 5.91 Å². The van der Waals surface area contributed by atoms with Crippen molar-refractivity contribution >= 4 is 42.1 Å². The van der Waals surface area contributed by atoms with Gasteiger partial charge in [-0.3, -0.25) is 9.78 Å². The van der Waals surface area contributed by atoms with Crippen molar-refractivity contribution in [1.29, 1.82) is 0 Å². The van der Waals surface area contributed by atoms with Gasteiger partial charge in [0.05, 0.1) is 22.9 Å². The van der Waals surface area contributed by atoms with E-state index < -0.39 is 0 Å². The molecule has 116 valence electrons. The number of hydrogen-bond acceptors (Lipinski definition) is 5. The maximum absolute atomic E-state index is 11.3. The van der Waals surface area contributed by atoms with Gasteiger partial charge in [-0.2, -0.15) is 0 Å². The first kappa shape index (κ1) is 19.8. The molecule has 2 heterocycles. The van der Waals surface area contributed by atoms with E-state index in [9.17, 15) is 4.79 Å². The van der Waals surface area contributed by atoms with E-state index in [4.69, 9.17) is 0 Å². The molecular weight excluding hydrogens is 331 g/mol. The number of likely N-dealkylation sites (N-methyl/N-ethyl adjacent to an activating group) is 1. The number of amides is 1. The lowest BCUT2D eigenvalue weighted by Gasteiger charge is -2.02. The van der Waals surface area contributed by atoms with Gasteiger partial charge < -0.3 is 10.6 Å². The molecule has 0 aromatic carbocycles. The fraction of sp³-hybridized carbons (Fsp3) is 0.308. The van der Waals surface area contributed by atoms with Crippen LogP contribution in [0.25, 0.3) is 11.4 Å². The van der Waals surface area contributed by atoms with Crippen LogP contribution >= 0.6 is 36.2 Å².